The molecule has 0 radical (unpaired) electrons. The molecule has 0 spiro atoms. The van der Waals surface area contributed by atoms with E-state index in [0.29, 0.717) is 22.7 Å². The molecule has 0 aromatic heterocycles. The van der Waals surface area contributed by atoms with Gasteiger partial charge in [0.05, 0.1) is 37.0 Å². The number of ether oxygens (including phenoxy) is 4. The molecular formula is C25H23NO7. The number of methoxy groups -OCH3 is 1. The lowest BCUT2D eigenvalue weighted by atomic mass is 9.91. The minimum Gasteiger partial charge on any atom is -0.497 e. The van der Waals surface area contributed by atoms with Gasteiger partial charge in [-0.2, -0.15) is 0 Å². The number of nitrogens with zero attached hydrogens (tertiary/aromatic N) is 1. The summed E-state index contributed by atoms with van der Waals surface area (Å²) >= 11 is 0. The number of esters is 2. The summed E-state index contributed by atoms with van der Waals surface area (Å²) in [5.41, 5.74) is 0.941. The molecular weight excluding hydrogens is 426 g/mol. The Balaban J connectivity index is 1.96. The van der Waals surface area contributed by atoms with Gasteiger partial charge >= 0.3 is 11.9 Å². The molecule has 0 N–H and O–H groups in total. The average molecular weight is 449 g/mol. The Morgan fingerprint density at radius 3 is 2.30 bits per heavy atom. The first-order chi connectivity index (χ1) is 16.0. The zero-order valence-electron chi connectivity index (χ0n) is 18.5. The van der Waals surface area contributed by atoms with E-state index in [2.05, 4.69) is 0 Å². The highest BCUT2D eigenvalue weighted by Crippen LogP contribution is 2.40. The molecule has 2 aromatic rings. The quantitative estimate of drug-likeness (QED) is 0.620. The zero-order chi connectivity index (χ0) is 23.5. The number of anilines is 1. The molecule has 0 saturated carbocycles. The molecule has 2 aromatic carbocycles. The molecule has 0 aliphatic carbocycles. The smallest absolute Gasteiger partial charge is 0.355 e. The molecule has 2 heterocycles. The van der Waals surface area contributed by atoms with E-state index >= 15 is 0 Å². The number of carbonyl (C=O) groups is 3. The Labute approximate surface area is 191 Å². The summed E-state index contributed by atoms with van der Waals surface area (Å²) in [5, 5.41) is 0. The summed E-state index contributed by atoms with van der Waals surface area (Å²) in [6.07, 6.45) is 0.381. The number of fused-ring (bicyclic) bond motifs is 2. The van der Waals surface area contributed by atoms with Gasteiger partial charge in [-0.05, 0) is 56.3 Å². The maximum absolute atomic E-state index is 13.4. The van der Waals surface area contributed by atoms with Crippen LogP contribution in [0.25, 0.3) is 0 Å². The van der Waals surface area contributed by atoms with Crippen LogP contribution >= 0.6 is 0 Å². The van der Waals surface area contributed by atoms with Crippen LogP contribution in [-0.4, -0.2) is 44.3 Å². The van der Waals surface area contributed by atoms with Crippen LogP contribution in [0.3, 0.4) is 0 Å². The molecule has 8 heteroatoms. The minimum absolute atomic E-state index is 0.0682. The predicted octanol–water partition coefficient (Wildman–Crippen LogP) is 3.42. The summed E-state index contributed by atoms with van der Waals surface area (Å²) in [6.45, 7) is 3.52. The molecule has 2 aliphatic rings. The van der Waals surface area contributed by atoms with Crippen molar-refractivity contribution >= 4 is 23.4 Å². The number of hydrogen-bond donors (Lipinski definition) is 0. The molecule has 33 heavy (non-hydrogen) atoms. The van der Waals surface area contributed by atoms with E-state index in [1.165, 1.54) is 11.0 Å². The third kappa shape index (κ3) is 3.95. The number of Topliss-reactive ketones (excluding diaryl/α,β-unsaturated/α-hetero) is 1. The van der Waals surface area contributed by atoms with Crippen molar-refractivity contribution in [3.63, 3.8) is 0 Å². The Morgan fingerprint density at radius 2 is 1.64 bits per heavy atom. The lowest BCUT2D eigenvalue weighted by Crippen LogP contribution is -2.50. The molecule has 0 bridgehead atoms. The third-order valence-electron chi connectivity index (χ3n) is 5.24. The molecule has 0 saturated heterocycles. The van der Waals surface area contributed by atoms with Crippen molar-refractivity contribution in [2.75, 3.05) is 25.2 Å². The van der Waals surface area contributed by atoms with Crippen molar-refractivity contribution < 1.29 is 33.3 Å². The summed E-state index contributed by atoms with van der Waals surface area (Å²) in [4.78, 5) is 40.9. The van der Waals surface area contributed by atoms with Gasteiger partial charge in [0.25, 0.3) is 0 Å². The lowest BCUT2D eigenvalue weighted by molar-refractivity contribution is -0.141. The normalized spacial score (nSPS) is 16.8. The fourth-order valence-electron chi connectivity index (χ4n) is 3.79. The van der Waals surface area contributed by atoms with E-state index in [1.807, 2.05) is 0 Å². The van der Waals surface area contributed by atoms with Gasteiger partial charge in [-0.1, -0.05) is 12.1 Å². The van der Waals surface area contributed by atoms with Crippen LogP contribution in [-0.2, 0) is 19.1 Å². The number of para-hydroxylation sites is 1. The molecule has 8 nitrogen and oxygen atoms in total. The van der Waals surface area contributed by atoms with Gasteiger partial charge in [-0.25, -0.2) is 9.59 Å². The van der Waals surface area contributed by atoms with Gasteiger partial charge in [0.1, 0.15) is 17.2 Å². The monoisotopic (exact) mass is 449 g/mol. The Bertz CT molecular complexity index is 1160. The van der Waals surface area contributed by atoms with Crippen molar-refractivity contribution in [3.05, 3.63) is 77.0 Å². The van der Waals surface area contributed by atoms with Gasteiger partial charge in [-0.3, -0.25) is 9.69 Å². The van der Waals surface area contributed by atoms with Gasteiger partial charge in [0, 0.05) is 5.69 Å². The Morgan fingerprint density at radius 1 is 0.970 bits per heavy atom. The highest BCUT2D eigenvalue weighted by atomic mass is 16.5. The van der Waals surface area contributed by atoms with Crippen LogP contribution in [0.2, 0.25) is 0 Å². The molecule has 1 unspecified atom stereocenters. The minimum atomic E-state index is -0.988. The molecule has 2 aliphatic heterocycles. The number of hydrogen-bond acceptors (Lipinski definition) is 8. The molecule has 1 atom stereocenters. The largest absolute Gasteiger partial charge is 0.497 e. The maximum Gasteiger partial charge on any atom is 0.355 e. The maximum atomic E-state index is 13.4. The van der Waals surface area contributed by atoms with E-state index in [0.717, 1.165) is 0 Å². The second kappa shape index (κ2) is 9.20. The topological polar surface area (TPSA) is 91.4 Å². The van der Waals surface area contributed by atoms with Gasteiger partial charge in [-0.15, -0.1) is 0 Å². The third-order valence-corrected chi connectivity index (χ3v) is 5.24. The van der Waals surface area contributed by atoms with Gasteiger partial charge in [0.2, 0.25) is 6.23 Å². The summed E-state index contributed by atoms with van der Waals surface area (Å²) < 4.78 is 21.9. The molecule has 170 valence electrons. The average Bonchev–Trinajstić information content (AvgIpc) is 2.83. The van der Waals surface area contributed by atoms with E-state index in [9.17, 15) is 14.4 Å². The van der Waals surface area contributed by atoms with E-state index in [1.54, 1.807) is 69.5 Å². The second-order valence-corrected chi connectivity index (χ2v) is 7.17. The van der Waals surface area contributed by atoms with Crippen LogP contribution < -0.4 is 14.4 Å². The highest BCUT2D eigenvalue weighted by molar-refractivity contribution is 6.16. The van der Waals surface area contributed by atoms with Crippen LogP contribution in [0.5, 0.6) is 11.5 Å². The standard InChI is InChI=1S/C25H23NO7/c1-4-31-24(28)18-14-19-22(27)17-8-6-7-9-20(17)33-23(19)26(21(18)25(29)32-5-2)15-10-12-16(30-3)13-11-15/h6-14,23H,4-5H2,1-3H3. The molecule has 4 rings (SSSR count). The molecule has 0 amide bonds. The first-order valence-electron chi connectivity index (χ1n) is 10.5. The SMILES string of the molecule is CCOC(=O)C1=C(C(=O)OCC)N(c2ccc(OC)cc2)C2Oc3ccccc3C(=O)C2=C1. The lowest BCUT2D eigenvalue weighted by Gasteiger charge is -2.40. The van der Waals surface area contributed by atoms with Gasteiger partial charge < -0.3 is 18.9 Å². The van der Waals surface area contributed by atoms with Crippen molar-refractivity contribution in [2.24, 2.45) is 0 Å². The van der Waals surface area contributed by atoms with Crippen molar-refractivity contribution in [1.82, 2.24) is 0 Å². The van der Waals surface area contributed by atoms with Crippen LogP contribution in [0.1, 0.15) is 24.2 Å². The number of rotatable bonds is 6. The Kier molecular flexibility index (Phi) is 6.17. The molecule has 0 fully saturated rings. The Hall–Kier alpha value is -4.07. The second-order valence-electron chi connectivity index (χ2n) is 7.17. The van der Waals surface area contributed by atoms with Crippen LogP contribution in [0.4, 0.5) is 5.69 Å². The fourth-order valence-corrected chi connectivity index (χ4v) is 3.79. The summed E-state index contributed by atoms with van der Waals surface area (Å²) in [7, 11) is 1.54. The van der Waals surface area contributed by atoms with E-state index in [4.69, 9.17) is 18.9 Å². The predicted molar refractivity (Wildman–Crippen MR) is 119 cm³/mol. The van der Waals surface area contributed by atoms with E-state index < -0.39 is 18.2 Å². The highest BCUT2D eigenvalue weighted by Gasteiger charge is 2.44. The van der Waals surface area contributed by atoms with E-state index in [-0.39, 0.29) is 35.8 Å². The number of ketones is 1. The first kappa shape index (κ1) is 22.1. The summed E-state index contributed by atoms with van der Waals surface area (Å²) in [6, 6.07) is 13.7. The first-order valence-corrected chi connectivity index (χ1v) is 10.5. The van der Waals surface area contributed by atoms with Crippen molar-refractivity contribution in [3.8, 4) is 11.5 Å². The fraction of sp³-hybridized carbons (Fsp3) is 0.240. The van der Waals surface area contributed by atoms with Gasteiger partial charge in [0.15, 0.2) is 5.78 Å². The van der Waals surface area contributed by atoms with Crippen molar-refractivity contribution in [1.29, 1.82) is 0 Å². The van der Waals surface area contributed by atoms with Crippen LogP contribution in [0.15, 0.2) is 71.5 Å². The summed E-state index contributed by atoms with van der Waals surface area (Å²) in [5.74, 6) is -0.793. The number of carbonyl (C=O) groups excluding carboxylic acids is 3. The van der Waals surface area contributed by atoms with Crippen LogP contribution in [0, 0.1) is 0 Å². The van der Waals surface area contributed by atoms with Crippen molar-refractivity contribution in [2.45, 2.75) is 20.1 Å². The zero-order valence-corrected chi connectivity index (χ0v) is 18.5. The number of benzene rings is 2.